The third-order valence-corrected chi connectivity index (χ3v) is 12.8. The number of nitrogens with zero attached hydrogens (tertiary/aromatic N) is 12. The number of halogens is 2. The van der Waals surface area contributed by atoms with Gasteiger partial charge < -0.3 is 20.9 Å². The Hall–Kier alpha value is -7.79. The maximum Gasteiger partial charge on any atom is 0.224 e. The molecule has 2 aliphatic carbocycles. The molecule has 15 nitrogen and oxygen atoms in total. The van der Waals surface area contributed by atoms with Gasteiger partial charge in [-0.1, -0.05) is 25.7 Å². The van der Waals surface area contributed by atoms with E-state index < -0.39 is 0 Å². The van der Waals surface area contributed by atoms with Crippen molar-refractivity contribution in [2.75, 3.05) is 41.7 Å². The van der Waals surface area contributed by atoms with E-state index in [4.69, 9.17) is 29.9 Å². The molecule has 2 saturated carbocycles. The van der Waals surface area contributed by atoms with Crippen molar-refractivity contribution >= 4 is 40.0 Å². The lowest BCUT2D eigenvalue weighted by atomic mass is 10.2. The van der Waals surface area contributed by atoms with Crippen LogP contribution in [0.1, 0.15) is 51.4 Å². The molecular formula is C51H49F2N15. The molecule has 17 heteroatoms. The summed E-state index contributed by atoms with van der Waals surface area (Å²) >= 11 is 0. The number of rotatable bonds is 10. The molecule has 0 bridgehead atoms. The third kappa shape index (κ3) is 9.16. The van der Waals surface area contributed by atoms with Gasteiger partial charge in [-0.25, -0.2) is 38.7 Å². The lowest BCUT2D eigenvalue weighted by Crippen LogP contribution is -2.43. The Labute approximate surface area is 391 Å². The molecule has 0 unspecified atom stereocenters. The number of nitrogens with one attached hydrogen (secondary N) is 3. The minimum Gasteiger partial charge on any atom is -0.354 e. The van der Waals surface area contributed by atoms with E-state index >= 15 is 0 Å². The summed E-state index contributed by atoms with van der Waals surface area (Å²) in [5.74, 6) is 4.23. The van der Waals surface area contributed by atoms with Crippen LogP contribution >= 0.6 is 0 Å². The summed E-state index contributed by atoms with van der Waals surface area (Å²) in [6.07, 6.45) is 16.5. The first-order chi connectivity index (χ1) is 33.5. The zero-order chi connectivity index (χ0) is 45.8. The maximum absolute atomic E-state index is 13.7. The molecule has 0 spiro atoms. The number of piperazine rings is 1. The van der Waals surface area contributed by atoms with Crippen LogP contribution in [0.5, 0.6) is 0 Å². The number of benzene rings is 2. The van der Waals surface area contributed by atoms with Gasteiger partial charge in [-0.2, -0.15) is 9.97 Å². The highest BCUT2D eigenvalue weighted by atomic mass is 19.1. The highest BCUT2D eigenvalue weighted by Crippen LogP contribution is 2.32. The van der Waals surface area contributed by atoms with Gasteiger partial charge in [-0.3, -0.25) is 14.1 Å². The highest BCUT2D eigenvalue weighted by Gasteiger charge is 2.23. The number of fused-ring (bicyclic) bond motifs is 2. The fourth-order valence-electron chi connectivity index (χ4n) is 9.31. The third-order valence-electron chi connectivity index (χ3n) is 12.8. The van der Waals surface area contributed by atoms with Gasteiger partial charge >= 0.3 is 0 Å². The van der Waals surface area contributed by atoms with E-state index in [-0.39, 0.29) is 11.6 Å². The molecule has 2 aromatic carbocycles. The average molecular weight is 910 g/mol. The van der Waals surface area contributed by atoms with Crippen LogP contribution in [0, 0.1) is 11.6 Å². The zero-order valence-electron chi connectivity index (χ0n) is 37.3. The standard InChI is InChI=1S/C26H22FN7.C25H27FN8/c27-19-7-5-18(6-8-19)25-33-24-22(10-9-21(31-24)17-11-14-28-15-12-17)34(25)23-13-16-29-26(32-23)30-20-3-1-2-4-20;26-18-7-5-17(6-8-18)24-32-23-20(9-10-21(30-23)33-15-13-27-14-16-33)34(24)22-11-12-28-25(31-22)29-19-3-1-2-4-19/h5-16,20H,1-4H2,(H,29,30,32);5-12,19,27H,1-4,13-16H2,(H,28,29,31). The number of hydrogen-bond donors (Lipinski definition) is 3. The van der Waals surface area contributed by atoms with Gasteiger partial charge in [-0.05, 0) is 123 Å². The first-order valence-corrected chi connectivity index (χ1v) is 23.4. The Morgan fingerprint density at radius 3 is 1.50 bits per heavy atom. The molecule has 68 heavy (non-hydrogen) atoms. The monoisotopic (exact) mass is 909 g/mol. The van der Waals surface area contributed by atoms with Gasteiger partial charge in [0.15, 0.2) is 11.3 Å². The molecule has 3 N–H and O–H groups in total. The Balaban J connectivity index is 0.000000149. The minimum absolute atomic E-state index is 0.282. The van der Waals surface area contributed by atoms with E-state index in [1.54, 1.807) is 49.1 Å². The molecule has 342 valence electrons. The van der Waals surface area contributed by atoms with Gasteiger partial charge in [-0.15, -0.1) is 0 Å². The molecule has 3 aliphatic rings. The van der Waals surface area contributed by atoms with Crippen LogP contribution in [-0.4, -0.2) is 92.3 Å². The number of anilines is 3. The van der Waals surface area contributed by atoms with Gasteiger partial charge in [0.2, 0.25) is 11.9 Å². The molecule has 1 saturated heterocycles. The van der Waals surface area contributed by atoms with Crippen molar-refractivity contribution < 1.29 is 8.78 Å². The SMILES string of the molecule is Fc1ccc(-c2nc3nc(-c4ccncc4)ccc3n2-c2ccnc(NC3CCCC3)n2)cc1.Fc1ccc(-c2nc3nc(N4CCNCC4)ccc3n2-c2ccnc(NC3CCCC3)n2)cc1. The van der Waals surface area contributed by atoms with Gasteiger partial charge in [0, 0.05) is 79.7 Å². The predicted octanol–water partition coefficient (Wildman–Crippen LogP) is 9.21. The van der Waals surface area contributed by atoms with Crippen molar-refractivity contribution in [2.45, 2.75) is 63.5 Å². The van der Waals surface area contributed by atoms with Crippen LogP contribution < -0.4 is 20.9 Å². The van der Waals surface area contributed by atoms with Gasteiger partial charge in [0.1, 0.15) is 40.7 Å². The molecule has 0 atom stereocenters. The lowest BCUT2D eigenvalue weighted by Gasteiger charge is -2.28. The minimum atomic E-state index is -0.297. The van der Waals surface area contributed by atoms with Crippen molar-refractivity contribution in [1.29, 1.82) is 0 Å². The van der Waals surface area contributed by atoms with Crippen molar-refractivity contribution in [3.63, 3.8) is 0 Å². The molecule has 8 heterocycles. The molecule has 3 fully saturated rings. The second kappa shape index (κ2) is 19.2. The topological polar surface area (TPSA) is 165 Å². The summed E-state index contributed by atoms with van der Waals surface area (Å²) in [6.45, 7) is 3.69. The first kappa shape index (κ1) is 42.8. The maximum atomic E-state index is 13.7. The Morgan fingerprint density at radius 2 is 0.971 bits per heavy atom. The van der Waals surface area contributed by atoms with Gasteiger partial charge in [0.25, 0.3) is 0 Å². The van der Waals surface area contributed by atoms with E-state index in [2.05, 4.69) is 35.8 Å². The summed E-state index contributed by atoms with van der Waals surface area (Å²) in [4.78, 5) is 44.3. The molecule has 1 aliphatic heterocycles. The predicted molar refractivity (Wildman–Crippen MR) is 260 cm³/mol. The fraction of sp³-hybridized carbons (Fsp3) is 0.275. The van der Waals surface area contributed by atoms with Crippen LogP contribution in [0.2, 0.25) is 0 Å². The average Bonchev–Trinajstić information content (AvgIpc) is 4.23. The van der Waals surface area contributed by atoms with E-state index in [0.29, 0.717) is 58.6 Å². The van der Waals surface area contributed by atoms with Gasteiger partial charge in [0.05, 0.1) is 16.7 Å². The highest BCUT2D eigenvalue weighted by molar-refractivity contribution is 5.83. The van der Waals surface area contributed by atoms with Crippen molar-refractivity contribution in [3.8, 4) is 45.7 Å². The summed E-state index contributed by atoms with van der Waals surface area (Å²) < 4.78 is 31.2. The van der Waals surface area contributed by atoms with Crippen LogP contribution in [-0.2, 0) is 0 Å². The number of imidazole rings is 2. The van der Waals surface area contributed by atoms with E-state index in [0.717, 1.165) is 91.1 Å². The summed E-state index contributed by atoms with van der Waals surface area (Å²) in [5.41, 5.74) is 6.21. The second-order valence-electron chi connectivity index (χ2n) is 17.3. The summed E-state index contributed by atoms with van der Waals surface area (Å²) in [6, 6.07) is 29.1. The number of pyridine rings is 3. The Kier molecular flexibility index (Phi) is 12.1. The summed E-state index contributed by atoms with van der Waals surface area (Å²) in [7, 11) is 0. The van der Waals surface area contributed by atoms with Crippen LogP contribution in [0.15, 0.2) is 122 Å². The lowest BCUT2D eigenvalue weighted by molar-refractivity contribution is 0.585. The Bertz CT molecular complexity index is 3160. The zero-order valence-corrected chi connectivity index (χ0v) is 37.3. The van der Waals surface area contributed by atoms with Crippen LogP contribution in [0.4, 0.5) is 26.5 Å². The Morgan fingerprint density at radius 1 is 0.471 bits per heavy atom. The second-order valence-corrected chi connectivity index (χ2v) is 17.3. The van der Waals surface area contributed by atoms with Crippen molar-refractivity contribution in [1.82, 2.24) is 59.3 Å². The first-order valence-electron chi connectivity index (χ1n) is 23.4. The largest absolute Gasteiger partial charge is 0.354 e. The number of aromatic nitrogens is 11. The van der Waals surface area contributed by atoms with Crippen molar-refractivity contribution in [3.05, 3.63) is 133 Å². The van der Waals surface area contributed by atoms with Crippen LogP contribution in [0.3, 0.4) is 0 Å². The molecular weight excluding hydrogens is 861 g/mol. The molecule has 12 rings (SSSR count). The molecule has 7 aromatic heterocycles. The fourth-order valence-corrected chi connectivity index (χ4v) is 9.31. The summed E-state index contributed by atoms with van der Waals surface area (Å²) in [5, 5.41) is 10.3. The quantitative estimate of drug-likeness (QED) is 0.119. The molecule has 9 aromatic rings. The molecule has 0 amide bonds. The van der Waals surface area contributed by atoms with E-state index in [9.17, 15) is 8.78 Å². The smallest absolute Gasteiger partial charge is 0.224 e. The van der Waals surface area contributed by atoms with E-state index in [1.807, 2.05) is 57.7 Å². The normalized spacial score (nSPS) is 15.5. The molecule has 0 radical (unpaired) electrons. The number of hydrogen-bond acceptors (Lipinski definition) is 13. The van der Waals surface area contributed by atoms with Crippen LogP contribution in [0.25, 0.3) is 68.0 Å². The van der Waals surface area contributed by atoms with Crippen molar-refractivity contribution in [2.24, 2.45) is 0 Å². The van der Waals surface area contributed by atoms with E-state index in [1.165, 1.54) is 49.9 Å².